The minimum Gasteiger partial charge on any atom is -0.383 e. The van der Waals surface area contributed by atoms with Gasteiger partial charge in [-0.25, -0.2) is 0 Å². The lowest BCUT2D eigenvalue weighted by atomic mass is 10.1. The van der Waals surface area contributed by atoms with Crippen LogP contribution in [0.3, 0.4) is 0 Å². The van der Waals surface area contributed by atoms with E-state index in [1.807, 2.05) is 6.92 Å². The average Bonchev–Trinajstić information content (AvgIpc) is 2.84. The molecule has 3 atom stereocenters. The van der Waals surface area contributed by atoms with Crippen LogP contribution < -0.4 is 10.6 Å². The molecule has 0 aromatic rings. The number of nitrogens with zero attached hydrogens (tertiary/aromatic N) is 1. The van der Waals surface area contributed by atoms with Gasteiger partial charge in [-0.1, -0.05) is 0 Å². The summed E-state index contributed by atoms with van der Waals surface area (Å²) in [6, 6.07) is 0.0297. The summed E-state index contributed by atoms with van der Waals surface area (Å²) >= 11 is 0. The molecule has 19 heavy (non-hydrogen) atoms. The third-order valence-corrected chi connectivity index (χ3v) is 3.83. The highest BCUT2D eigenvalue weighted by molar-refractivity contribution is 5.82. The van der Waals surface area contributed by atoms with Crippen molar-refractivity contribution in [1.82, 2.24) is 15.5 Å². The van der Waals surface area contributed by atoms with Gasteiger partial charge in [0.25, 0.3) is 0 Å². The van der Waals surface area contributed by atoms with E-state index >= 15 is 0 Å². The second kappa shape index (κ2) is 7.19. The fourth-order valence-corrected chi connectivity index (χ4v) is 2.69. The molecule has 0 bridgehead atoms. The summed E-state index contributed by atoms with van der Waals surface area (Å²) in [6.07, 6.45) is 0.956. The Balaban J connectivity index is 1.73. The lowest BCUT2D eigenvalue weighted by molar-refractivity contribution is -0.129. The topological polar surface area (TPSA) is 62.8 Å². The van der Waals surface area contributed by atoms with E-state index in [1.54, 1.807) is 7.11 Å². The fraction of sp³-hybridized carbons (Fsp3) is 0.923. The average molecular weight is 271 g/mol. The van der Waals surface area contributed by atoms with Crippen LogP contribution in [0.15, 0.2) is 0 Å². The minimum atomic E-state index is -0.221. The Kier molecular flexibility index (Phi) is 5.57. The summed E-state index contributed by atoms with van der Waals surface area (Å²) < 4.78 is 10.6. The van der Waals surface area contributed by atoms with Gasteiger partial charge in [-0.15, -0.1) is 0 Å². The van der Waals surface area contributed by atoms with Crippen LogP contribution >= 0.6 is 0 Å². The number of ether oxygens (including phenoxy) is 2. The molecule has 2 rings (SSSR count). The van der Waals surface area contributed by atoms with Crippen molar-refractivity contribution in [1.29, 1.82) is 0 Å². The van der Waals surface area contributed by atoms with Gasteiger partial charge < -0.3 is 20.1 Å². The molecule has 2 fully saturated rings. The van der Waals surface area contributed by atoms with Crippen molar-refractivity contribution in [3.05, 3.63) is 0 Å². The van der Waals surface area contributed by atoms with Crippen LogP contribution in [-0.4, -0.2) is 75.5 Å². The van der Waals surface area contributed by atoms with E-state index in [0.717, 1.165) is 39.2 Å². The van der Waals surface area contributed by atoms with Crippen molar-refractivity contribution in [2.75, 3.05) is 46.5 Å². The highest BCUT2D eigenvalue weighted by Crippen LogP contribution is 2.10. The van der Waals surface area contributed by atoms with Crippen LogP contribution in [0.4, 0.5) is 0 Å². The predicted octanol–water partition coefficient (Wildman–Crippen LogP) is -0.800. The molecule has 1 unspecified atom stereocenters. The van der Waals surface area contributed by atoms with Crippen LogP contribution in [-0.2, 0) is 14.3 Å². The highest BCUT2D eigenvalue weighted by Gasteiger charge is 2.31. The van der Waals surface area contributed by atoms with Gasteiger partial charge in [-0.2, -0.15) is 0 Å². The van der Waals surface area contributed by atoms with Crippen molar-refractivity contribution in [3.8, 4) is 0 Å². The number of morpholine rings is 1. The van der Waals surface area contributed by atoms with Crippen LogP contribution in [0, 0.1) is 0 Å². The zero-order valence-electron chi connectivity index (χ0n) is 11.9. The molecule has 0 radical (unpaired) electrons. The second-order valence-corrected chi connectivity index (χ2v) is 5.30. The van der Waals surface area contributed by atoms with Crippen molar-refractivity contribution in [2.24, 2.45) is 0 Å². The molecule has 0 aromatic carbocycles. The highest BCUT2D eigenvalue weighted by atomic mass is 16.5. The van der Waals surface area contributed by atoms with E-state index in [0.29, 0.717) is 6.61 Å². The zero-order valence-corrected chi connectivity index (χ0v) is 11.9. The van der Waals surface area contributed by atoms with Gasteiger partial charge in [0.05, 0.1) is 19.3 Å². The Labute approximate surface area is 114 Å². The van der Waals surface area contributed by atoms with Crippen molar-refractivity contribution in [3.63, 3.8) is 0 Å². The molecule has 2 N–H and O–H groups in total. The quantitative estimate of drug-likeness (QED) is 0.685. The van der Waals surface area contributed by atoms with Gasteiger partial charge >= 0.3 is 0 Å². The molecule has 0 aromatic heterocycles. The third-order valence-electron chi connectivity index (χ3n) is 3.83. The lowest BCUT2D eigenvalue weighted by Crippen LogP contribution is -2.57. The molecular formula is C13H25N3O3. The molecule has 0 saturated carbocycles. The van der Waals surface area contributed by atoms with Gasteiger partial charge in [-0.05, 0) is 13.3 Å². The van der Waals surface area contributed by atoms with Crippen LogP contribution in [0.25, 0.3) is 0 Å². The number of hydrogen-bond acceptors (Lipinski definition) is 5. The minimum absolute atomic E-state index is 0.0558. The molecule has 2 aliphatic rings. The molecular weight excluding hydrogens is 246 g/mol. The molecule has 2 saturated heterocycles. The summed E-state index contributed by atoms with van der Waals surface area (Å²) in [4.78, 5) is 14.5. The predicted molar refractivity (Wildman–Crippen MR) is 72.1 cm³/mol. The van der Waals surface area contributed by atoms with Crippen molar-refractivity contribution in [2.45, 2.75) is 31.5 Å². The monoisotopic (exact) mass is 271 g/mol. The molecule has 6 nitrogen and oxygen atoms in total. The van der Waals surface area contributed by atoms with Crippen LogP contribution in [0.5, 0.6) is 0 Å². The van der Waals surface area contributed by atoms with E-state index in [4.69, 9.17) is 9.47 Å². The Morgan fingerprint density at radius 1 is 1.58 bits per heavy atom. The van der Waals surface area contributed by atoms with E-state index in [1.165, 1.54) is 0 Å². The number of nitrogens with one attached hydrogen (secondary N) is 2. The van der Waals surface area contributed by atoms with Gasteiger partial charge in [0.15, 0.2) is 0 Å². The first kappa shape index (κ1) is 14.7. The number of carbonyl (C=O) groups is 1. The maximum Gasteiger partial charge on any atom is 0.240 e. The molecule has 110 valence electrons. The SMILES string of the molecule is COCCN1CCC(NC(=O)[C@H]2NCCO[C@@H]2C)C1. The standard InChI is InChI=1S/C13H25N3O3/c1-10-12(14-4-7-19-10)13(17)15-11-3-5-16(9-11)6-8-18-2/h10-12,14H,3-9H2,1-2H3,(H,15,17)/t10-,11?,12+/m1/s1. The number of methoxy groups -OCH3 is 1. The largest absolute Gasteiger partial charge is 0.383 e. The van der Waals surface area contributed by atoms with Gasteiger partial charge in [0.2, 0.25) is 5.91 Å². The summed E-state index contributed by atoms with van der Waals surface area (Å²) in [7, 11) is 1.71. The maximum absolute atomic E-state index is 12.2. The van der Waals surface area contributed by atoms with Gasteiger partial charge in [0.1, 0.15) is 6.04 Å². The van der Waals surface area contributed by atoms with Crippen LogP contribution in [0.2, 0.25) is 0 Å². The third kappa shape index (κ3) is 4.14. The Morgan fingerprint density at radius 3 is 3.16 bits per heavy atom. The van der Waals surface area contributed by atoms with Crippen molar-refractivity contribution < 1.29 is 14.3 Å². The first-order valence-electron chi connectivity index (χ1n) is 7.07. The van der Waals surface area contributed by atoms with E-state index < -0.39 is 0 Å². The normalized spacial score (nSPS) is 32.4. The molecule has 2 heterocycles. The number of amides is 1. The summed E-state index contributed by atoms with van der Waals surface area (Å²) in [6.45, 7) is 6.98. The Bertz CT molecular complexity index is 301. The number of carbonyl (C=O) groups excluding carboxylic acids is 1. The molecule has 0 spiro atoms. The summed E-state index contributed by atoms with van der Waals surface area (Å²) in [5.74, 6) is 0.0609. The maximum atomic E-state index is 12.2. The molecule has 1 amide bonds. The fourth-order valence-electron chi connectivity index (χ4n) is 2.69. The Hall–Kier alpha value is -0.690. The summed E-state index contributed by atoms with van der Waals surface area (Å²) in [5.41, 5.74) is 0. The van der Waals surface area contributed by atoms with E-state index in [2.05, 4.69) is 15.5 Å². The van der Waals surface area contributed by atoms with Crippen molar-refractivity contribution >= 4 is 5.91 Å². The van der Waals surface area contributed by atoms with E-state index in [-0.39, 0.29) is 24.1 Å². The molecule has 6 heteroatoms. The lowest BCUT2D eigenvalue weighted by Gasteiger charge is -2.30. The zero-order chi connectivity index (χ0) is 13.7. The van der Waals surface area contributed by atoms with Crippen LogP contribution in [0.1, 0.15) is 13.3 Å². The second-order valence-electron chi connectivity index (χ2n) is 5.30. The molecule has 0 aliphatic carbocycles. The van der Waals surface area contributed by atoms with Gasteiger partial charge in [0, 0.05) is 39.3 Å². The first-order chi connectivity index (χ1) is 9.20. The summed E-state index contributed by atoms with van der Waals surface area (Å²) in [5, 5.41) is 6.34. The smallest absolute Gasteiger partial charge is 0.240 e. The number of hydrogen-bond donors (Lipinski definition) is 2. The number of rotatable bonds is 5. The van der Waals surface area contributed by atoms with Gasteiger partial charge in [-0.3, -0.25) is 9.69 Å². The first-order valence-corrected chi connectivity index (χ1v) is 7.07. The Morgan fingerprint density at radius 2 is 2.42 bits per heavy atom. The van der Waals surface area contributed by atoms with E-state index in [9.17, 15) is 4.79 Å². The number of likely N-dealkylation sites (tertiary alicyclic amines) is 1. The molecule has 2 aliphatic heterocycles.